The predicted octanol–water partition coefficient (Wildman–Crippen LogP) is 6.60. The standard InChI is InChI=1S/C18H30O8S2.C6H11ClO2.C6H10O4S2.C4H8O/c1-17(2,3)25-15(21)11-23-13(19)7-9-27-28-10-8-14(20)24-12-16(22)26-18(4,5)6;1-6(2,3)9-5(8)4-7;7-5(8)1-3-11-12-4-2-6(9)10;1-2-4-5-3-1/h7-12H2,1-6H3;4H2,1-3H3;1-4H2,(H,7,8)(H,9,10);1-4H2. The maximum atomic E-state index is 11.5. The van der Waals surface area contributed by atoms with Gasteiger partial charge in [-0.25, -0.2) is 9.59 Å². The van der Waals surface area contributed by atoms with Gasteiger partial charge in [-0.05, 0) is 75.2 Å². The molecule has 0 radical (unpaired) electrons. The zero-order valence-corrected chi connectivity index (χ0v) is 36.8. The maximum absolute atomic E-state index is 11.5. The van der Waals surface area contributed by atoms with E-state index in [1.165, 1.54) is 56.0 Å². The van der Waals surface area contributed by atoms with E-state index >= 15 is 0 Å². The molecule has 1 aliphatic heterocycles. The molecule has 1 fully saturated rings. The van der Waals surface area contributed by atoms with Crippen LogP contribution < -0.4 is 0 Å². The van der Waals surface area contributed by atoms with Gasteiger partial charge in [0.05, 0.1) is 25.7 Å². The van der Waals surface area contributed by atoms with Gasteiger partial charge in [-0.1, -0.05) is 43.2 Å². The molecule has 0 spiro atoms. The Morgan fingerprint density at radius 3 is 1.04 bits per heavy atom. The molecule has 0 saturated carbocycles. The van der Waals surface area contributed by atoms with E-state index in [0.29, 0.717) is 23.0 Å². The summed E-state index contributed by atoms with van der Waals surface area (Å²) in [5.41, 5.74) is -1.65. The van der Waals surface area contributed by atoms with Crippen LogP contribution in [0.25, 0.3) is 0 Å². The highest BCUT2D eigenvalue weighted by molar-refractivity contribution is 8.77. The number of carboxylic acid groups (broad SMARTS) is 2. The molecular weight excluding hydrogens is 812 g/mol. The molecule has 1 rings (SSSR count). The molecule has 0 aliphatic carbocycles. The third-order valence-corrected chi connectivity index (χ3v) is 9.68. The summed E-state index contributed by atoms with van der Waals surface area (Å²) in [5.74, 6) is -2.23. The first-order valence-electron chi connectivity index (χ1n) is 16.9. The number of hydrogen-bond donors (Lipinski definition) is 2. The van der Waals surface area contributed by atoms with Crippen LogP contribution in [-0.2, 0) is 62.0 Å². The maximum Gasteiger partial charge on any atom is 0.344 e. The summed E-state index contributed by atoms with van der Waals surface area (Å²) in [7, 11) is 5.59. The number of carboxylic acids is 2. The Morgan fingerprint density at radius 1 is 0.519 bits per heavy atom. The van der Waals surface area contributed by atoms with Crippen molar-refractivity contribution in [3.8, 4) is 0 Å². The molecule has 15 nitrogen and oxygen atoms in total. The largest absolute Gasteiger partial charge is 0.481 e. The summed E-state index contributed by atoms with van der Waals surface area (Å²) in [6.45, 7) is 17.0. The molecule has 20 heteroatoms. The summed E-state index contributed by atoms with van der Waals surface area (Å²) in [6, 6.07) is 0. The summed E-state index contributed by atoms with van der Waals surface area (Å²) in [4.78, 5) is 76.4. The molecule has 0 aromatic carbocycles. The zero-order valence-electron chi connectivity index (χ0n) is 32.8. The minimum absolute atomic E-state index is 0.0722. The predicted molar refractivity (Wildman–Crippen MR) is 214 cm³/mol. The quantitative estimate of drug-likeness (QED) is 0.0460. The molecule has 1 saturated heterocycles. The van der Waals surface area contributed by atoms with Gasteiger partial charge in [-0.15, -0.1) is 11.6 Å². The van der Waals surface area contributed by atoms with Crippen LogP contribution in [0, 0.1) is 0 Å². The summed E-state index contributed by atoms with van der Waals surface area (Å²) in [6.07, 6.45) is 3.10. The van der Waals surface area contributed by atoms with E-state index in [4.69, 9.17) is 50.2 Å². The smallest absolute Gasteiger partial charge is 0.344 e. The fourth-order valence-electron chi connectivity index (χ4n) is 2.79. The molecule has 0 aromatic heterocycles. The Bertz CT molecular complexity index is 1030. The molecule has 316 valence electrons. The zero-order chi connectivity index (χ0) is 42.2. The Hall–Kier alpha value is -2.06. The third-order valence-electron chi connectivity index (χ3n) is 4.64. The molecule has 0 atom stereocenters. The van der Waals surface area contributed by atoms with E-state index in [1.807, 2.05) is 0 Å². The number of ether oxygens (including phenoxy) is 6. The van der Waals surface area contributed by atoms with E-state index < -0.39 is 65.8 Å². The second-order valence-corrected chi connectivity index (χ2v) is 19.3. The van der Waals surface area contributed by atoms with Crippen LogP contribution in [0.4, 0.5) is 0 Å². The second-order valence-electron chi connectivity index (χ2n) is 13.6. The number of aliphatic carboxylic acids is 2. The van der Waals surface area contributed by atoms with Gasteiger partial charge in [0, 0.05) is 36.2 Å². The SMILES string of the molecule is C1CCOC1.CC(C)(C)OC(=O)CCl.CC(C)(C)OC(=O)COC(=O)CCSSCCC(=O)OCC(=O)OC(C)(C)C.O=C(O)CCSSCCC(=O)O. The fraction of sp³-hybridized carbons (Fsp3) is 0.794. The topological polar surface area (TPSA) is 215 Å². The monoisotopic (exact) mass is 870 g/mol. The van der Waals surface area contributed by atoms with Crippen LogP contribution in [0.15, 0.2) is 0 Å². The van der Waals surface area contributed by atoms with Crippen molar-refractivity contribution in [2.45, 2.75) is 118 Å². The Labute approximate surface area is 340 Å². The fourth-order valence-corrected chi connectivity index (χ4v) is 6.74. The van der Waals surface area contributed by atoms with Crippen molar-refractivity contribution >= 4 is 96.6 Å². The van der Waals surface area contributed by atoms with Gasteiger partial charge < -0.3 is 38.6 Å². The molecule has 0 bridgehead atoms. The number of esters is 5. The highest BCUT2D eigenvalue weighted by Gasteiger charge is 2.19. The van der Waals surface area contributed by atoms with Crippen LogP contribution in [0.1, 0.15) is 101 Å². The Kier molecular flexibility index (Phi) is 34.5. The van der Waals surface area contributed by atoms with Crippen molar-refractivity contribution in [1.82, 2.24) is 0 Å². The van der Waals surface area contributed by atoms with Gasteiger partial charge in [0.25, 0.3) is 0 Å². The lowest BCUT2D eigenvalue weighted by Gasteiger charge is -2.19. The first kappa shape index (κ1) is 56.3. The van der Waals surface area contributed by atoms with Gasteiger partial charge in [0.15, 0.2) is 13.2 Å². The molecule has 0 aromatic rings. The lowest BCUT2D eigenvalue weighted by molar-refractivity contribution is -0.166. The molecule has 0 amide bonds. The van der Waals surface area contributed by atoms with Crippen molar-refractivity contribution in [1.29, 1.82) is 0 Å². The van der Waals surface area contributed by atoms with Crippen molar-refractivity contribution in [2.75, 3.05) is 55.3 Å². The second kappa shape index (κ2) is 33.1. The summed E-state index contributed by atoms with van der Waals surface area (Å²) < 4.78 is 29.5. The van der Waals surface area contributed by atoms with E-state index in [-0.39, 0.29) is 37.5 Å². The van der Waals surface area contributed by atoms with Gasteiger partial charge in [0.1, 0.15) is 22.7 Å². The van der Waals surface area contributed by atoms with Crippen molar-refractivity contribution < 1.29 is 72.2 Å². The number of rotatable bonds is 19. The highest BCUT2D eigenvalue weighted by atomic mass is 35.5. The lowest BCUT2D eigenvalue weighted by atomic mass is 10.2. The van der Waals surface area contributed by atoms with Gasteiger partial charge >= 0.3 is 41.8 Å². The number of alkyl halides is 1. The molecule has 0 unspecified atom stereocenters. The minimum atomic E-state index is -0.818. The normalized spacial score (nSPS) is 12.2. The van der Waals surface area contributed by atoms with E-state index in [0.717, 1.165) is 13.2 Å². The molecule has 2 N–H and O–H groups in total. The Balaban J connectivity index is -0.000000806. The van der Waals surface area contributed by atoms with Crippen LogP contribution >= 0.6 is 54.8 Å². The number of carbonyl (C=O) groups is 7. The number of hydrogen-bond acceptors (Lipinski definition) is 17. The minimum Gasteiger partial charge on any atom is -0.481 e. The highest BCUT2D eigenvalue weighted by Crippen LogP contribution is 2.23. The summed E-state index contributed by atoms with van der Waals surface area (Å²) in [5, 5.41) is 16.5. The van der Waals surface area contributed by atoms with Gasteiger partial charge in [0.2, 0.25) is 0 Å². The van der Waals surface area contributed by atoms with E-state index in [2.05, 4.69) is 0 Å². The van der Waals surface area contributed by atoms with Crippen LogP contribution in [0.5, 0.6) is 0 Å². The van der Waals surface area contributed by atoms with Crippen LogP contribution in [0.3, 0.4) is 0 Å². The van der Waals surface area contributed by atoms with Crippen LogP contribution in [-0.4, -0.2) is 124 Å². The average Bonchev–Trinajstić information content (AvgIpc) is 3.61. The van der Waals surface area contributed by atoms with Gasteiger partial charge in [-0.3, -0.25) is 24.0 Å². The van der Waals surface area contributed by atoms with E-state index in [1.54, 1.807) is 62.3 Å². The Morgan fingerprint density at radius 2 is 0.815 bits per heavy atom. The first-order valence-corrected chi connectivity index (χ1v) is 22.4. The van der Waals surface area contributed by atoms with E-state index in [9.17, 15) is 33.6 Å². The average molecular weight is 872 g/mol. The molecule has 1 aliphatic rings. The van der Waals surface area contributed by atoms with Crippen molar-refractivity contribution in [2.24, 2.45) is 0 Å². The van der Waals surface area contributed by atoms with Crippen LogP contribution in [0.2, 0.25) is 0 Å². The summed E-state index contributed by atoms with van der Waals surface area (Å²) >= 11 is 5.18. The molecule has 54 heavy (non-hydrogen) atoms. The molecular formula is C34H59ClO15S4. The number of carbonyl (C=O) groups excluding carboxylic acids is 5. The third kappa shape index (κ3) is 52.0. The first-order chi connectivity index (χ1) is 24.9. The number of halogens is 1. The lowest BCUT2D eigenvalue weighted by Crippen LogP contribution is -2.27. The van der Waals surface area contributed by atoms with Crippen molar-refractivity contribution in [3.05, 3.63) is 0 Å². The van der Waals surface area contributed by atoms with Crippen molar-refractivity contribution in [3.63, 3.8) is 0 Å². The van der Waals surface area contributed by atoms with Gasteiger partial charge in [-0.2, -0.15) is 0 Å². The molecule has 1 heterocycles.